The number of carbonyl (C=O) groups excluding carboxylic acids is 2. The molecule has 6 nitrogen and oxygen atoms in total. The van der Waals surface area contributed by atoms with Gasteiger partial charge in [-0.15, -0.1) is 11.3 Å². The van der Waals surface area contributed by atoms with Crippen molar-refractivity contribution in [2.45, 2.75) is 33.0 Å². The summed E-state index contributed by atoms with van der Waals surface area (Å²) in [6.07, 6.45) is 0.873. The van der Waals surface area contributed by atoms with E-state index in [2.05, 4.69) is 17.2 Å². The smallest absolute Gasteiger partial charge is 0.274 e. The molecule has 0 radical (unpaired) electrons. The molecule has 0 N–H and O–H groups in total. The number of carbonyl (C=O) groups is 2. The van der Waals surface area contributed by atoms with Crippen LogP contribution in [0.5, 0.6) is 0 Å². The number of aryl methyl sites for hydroxylation is 1. The van der Waals surface area contributed by atoms with E-state index in [1.54, 1.807) is 0 Å². The summed E-state index contributed by atoms with van der Waals surface area (Å²) in [5.41, 5.74) is 3.91. The second-order valence-electron chi connectivity index (χ2n) is 7.63. The maximum Gasteiger partial charge on any atom is 0.274 e. The lowest BCUT2D eigenvalue weighted by atomic mass is 10.00. The molecule has 0 spiro atoms. The van der Waals surface area contributed by atoms with E-state index >= 15 is 0 Å². The summed E-state index contributed by atoms with van der Waals surface area (Å²) in [4.78, 5) is 31.4. The predicted molar refractivity (Wildman–Crippen MR) is 111 cm³/mol. The van der Waals surface area contributed by atoms with Crippen molar-refractivity contribution in [3.8, 4) is 0 Å². The number of nitrogens with zero attached hydrogens (tertiary/aromatic N) is 4. The number of hydrogen-bond acceptors (Lipinski definition) is 4. The Hall–Kier alpha value is -2.93. The molecular weight excluding hydrogens is 384 g/mol. The molecule has 0 unspecified atom stereocenters. The van der Waals surface area contributed by atoms with Crippen LogP contribution in [-0.2, 0) is 26.1 Å². The van der Waals surface area contributed by atoms with E-state index in [0.717, 1.165) is 21.9 Å². The number of benzene rings is 1. The highest BCUT2D eigenvalue weighted by molar-refractivity contribution is 7.13. The molecule has 2 aliphatic rings. The number of rotatable bonds is 2. The minimum absolute atomic E-state index is 0.0341. The Bertz CT molecular complexity index is 1100. The highest BCUT2D eigenvalue weighted by Crippen LogP contribution is 2.23. The first kappa shape index (κ1) is 18.1. The van der Waals surface area contributed by atoms with Gasteiger partial charge in [-0.3, -0.25) is 14.3 Å². The second kappa shape index (κ2) is 7.15. The average Bonchev–Trinajstić information content (AvgIpc) is 3.38. The van der Waals surface area contributed by atoms with E-state index in [1.807, 2.05) is 51.7 Å². The standard InChI is InChI=1S/C22H22N4O2S/c1-15-6-7-20(29-15)22(28)25-10-11-26-18(14-25)12-19(23-26)21(27)24-9-8-16-4-2-3-5-17(16)13-24/h2-7,12H,8-11,13-14H2,1H3. The topological polar surface area (TPSA) is 58.4 Å². The zero-order chi connectivity index (χ0) is 20.0. The van der Waals surface area contributed by atoms with Crippen LogP contribution in [0.3, 0.4) is 0 Å². The molecule has 0 atom stereocenters. The first-order valence-corrected chi connectivity index (χ1v) is 10.7. The lowest BCUT2D eigenvalue weighted by Crippen LogP contribution is -2.38. The van der Waals surface area contributed by atoms with Crippen LogP contribution in [0.4, 0.5) is 0 Å². The zero-order valence-corrected chi connectivity index (χ0v) is 17.1. The van der Waals surface area contributed by atoms with Crippen molar-refractivity contribution in [3.63, 3.8) is 0 Å². The molecule has 4 heterocycles. The fraction of sp³-hybridized carbons (Fsp3) is 0.318. The van der Waals surface area contributed by atoms with Crippen molar-refractivity contribution in [2.24, 2.45) is 0 Å². The number of fused-ring (bicyclic) bond motifs is 2. The van der Waals surface area contributed by atoms with Gasteiger partial charge in [-0.25, -0.2) is 0 Å². The minimum atomic E-state index is -0.0341. The van der Waals surface area contributed by atoms with Crippen LogP contribution < -0.4 is 0 Å². The van der Waals surface area contributed by atoms with Crippen molar-refractivity contribution in [2.75, 3.05) is 13.1 Å². The molecule has 2 aromatic heterocycles. The van der Waals surface area contributed by atoms with Gasteiger partial charge in [-0.2, -0.15) is 5.10 Å². The molecule has 1 aromatic carbocycles. The van der Waals surface area contributed by atoms with E-state index < -0.39 is 0 Å². The monoisotopic (exact) mass is 406 g/mol. The van der Waals surface area contributed by atoms with Crippen molar-refractivity contribution < 1.29 is 9.59 Å². The third-order valence-electron chi connectivity index (χ3n) is 5.67. The van der Waals surface area contributed by atoms with Crippen molar-refractivity contribution in [3.05, 3.63) is 74.7 Å². The molecule has 7 heteroatoms. The van der Waals surface area contributed by atoms with E-state index in [1.165, 1.54) is 22.5 Å². The van der Waals surface area contributed by atoms with Crippen LogP contribution >= 0.6 is 11.3 Å². The average molecular weight is 407 g/mol. The molecule has 2 amide bonds. The van der Waals surface area contributed by atoms with Gasteiger partial charge in [0.25, 0.3) is 11.8 Å². The van der Waals surface area contributed by atoms with Crippen LogP contribution in [-0.4, -0.2) is 44.5 Å². The van der Waals surface area contributed by atoms with E-state index in [4.69, 9.17) is 0 Å². The van der Waals surface area contributed by atoms with Crippen LogP contribution in [0.2, 0.25) is 0 Å². The number of amides is 2. The molecule has 29 heavy (non-hydrogen) atoms. The molecular formula is C22H22N4O2S. The van der Waals surface area contributed by atoms with Gasteiger partial charge in [0.1, 0.15) is 0 Å². The summed E-state index contributed by atoms with van der Waals surface area (Å²) in [5, 5.41) is 4.54. The van der Waals surface area contributed by atoms with E-state index in [0.29, 0.717) is 38.4 Å². The molecule has 148 valence electrons. The van der Waals surface area contributed by atoms with Gasteiger partial charge in [0, 0.05) is 24.5 Å². The van der Waals surface area contributed by atoms with Crippen molar-refractivity contribution >= 4 is 23.2 Å². The highest BCUT2D eigenvalue weighted by atomic mass is 32.1. The third-order valence-corrected chi connectivity index (χ3v) is 6.66. The maximum absolute atomic E-state index is 13.0. The van der Waals surface area contributed by atoms with Crippen LogP contribution in [0.25, 0.3) is 0 Å². The van der Waals surface area contributed by atoms with Gasteiger partial charge in [-0.1, -0.05) is 24.3 Å². The SMILES string of the molecule is Cc1ccc(C(=O)N2CCn3nc(C(=O)N4CCc5ccccc5C4)cc3C2)s1. The summed E-state index contributed by atoms with van der Waals surface area (Å²) < 4.78 is 1.87. The fourth-order valence-electron chi connectivity index (χ4n) is 4.08. The fourth-order valence-corrected chi connectivity index (χ4v) is 4.92. The predicted octanol–water partition coefficient (Wildman–Crippen LogP) is 3.11. The van der Waals surface area contributed by atoms with Gasteiger partial charge in [0.05, 0.1) is 23.7 Å². The van der Waals surface area contributed by atoms with Gasteiger partial charge < -0.3 is 9.80 Å². The molecule has 0 aliphatic carbocycles. The Morgan fingerprint density at radius 3 is 2.52 bits per heavy atom. The van der Waals surface area contributed by atoms with Crippen LogP contribution in [0.15, 0.2) is 42.5 Å². The largest absolute Gasteiger partial charge is 0.333 e. The normalized spacial score (nSPS) is 15.8. The minimum Gasteiger partial charge on any atom is -0.333 e. The highest BCUT2D eigenvalue weighted by Gasteiger charge is 2.28. The number of thiophene rings is 1. The van der Waals surface area contributed by atoms with E-state index in [9.17, 15) is 9.59 Å². The Labute approximate surface area is 173 Å². The number of hydrogen-bond donors (Lipinski definition) is 0. The molecule has 0 fully saturated rings. The molecule has 5 rings (SSSR count). The van der Waals surface area contributed by atoms with Gasteiger partial charge in [0.2, 0.25) is 0 Å². The van der Waals surface area contributed by atoms with Gasteiger partial charge in [-0.05, 0) is 42.7 Å². The first-order valence-electron chi connectivity index (χ1n) is 9.87. The lowest BCUT2D eigenvalue weighted by molar-refractivity contribution is 0.0703. The molecule has 0 bridgehead atoms. The first-order chi connectivity index (χ1) is 14.1. The molecule has 0 saturated carbocycles. The Balaban J connectivity index is 1.32. The Morgan fingerprint density at radius 1 is 0.931 bits per heavy atom. The van der Waals surface area contributed by atoms with Crippen molar-refractivity contribution in [1.82, 2.24) is 19.6 Å². The summed E-state index contributed by atoms with van der Waals surface area (Å²) in [7, 11) is 0. The third kappa shape index (κ3) is 3.35. The summed E-state index contributed by atoms with van der Waals surface area (Å²) >= 11 is 1.52. The summed E-state index contributed by atoms with van der Waals surface area (Å²) in [6.45, 7) is 5.04. The second-order valence-corrected chi connectivity index (χ2v) is 8.91. The molecule has 3 aromatic rings. The Kier molecular flexibility index (Phi) is 4.47. The zero-order valence-electron chi connectivity index (χ0n) is 16.3. The quantitative estimate of drug-likeness (QED) is 0.657. The van der Waals surface area contributed by atoms with Gasteiger partial charge in [0.15, 0.2) is 5.69 Å². The molecule has 0 saturated heterocycles. The van der Waals surface area contributed by atoms with Crippen LogP contribution in [0.1, 0.15) is 41.9 Å². The lowest BCUT2D eigenvalue weighted by Gasteiger charge is -2.28. The van der Waals surface area contributed by atoms with Crippen LogP contribution in [0, 0.1) is 6.92 Å². The summed E-state index contributed by atoms with van der Waals surface area (Å²) in [6, 6.07) is 14.0. The number of aromatic nitrogens is 2. The molecule has 2 aliphatic heterocycles. The van der Waals surface area contributed by atoms with Gasteiger partial charge >= 0.3 is 0 Å². The summed E-state index contributed by atoms with van der Waals surface area (Å²) in [5.74, 6) is 0.0178. The van der Waals surface area contributed by atoms with E-state index in [-0.39, 0.29) is 11.8 Å². The maximum atomic E-state index is 13.0. The van der Waals surface area contributed by atoms with Crippen molar-refractivity contribution in [1.29, 1.82) is 0 Å². The Morgan fingerprint density at radius 2 is 1.72 bits per heavy atom.